The molecule has 410 valence electrons. The van der Waals surface area contributed by atoms with Crippen molar-refractivity contribution in [2.45, 2.75) is 0 Å². The Morgan fingerprint density at radius 1 is 0.159 bits per heavy atom. The molecule has 0 saturated carbocycles. The summed E-state index contributed by atoms with van der Waals surface area (Å²) < 4.78 is 25.8. The van der Waals surface area contributed by atoms with Crippen LogP contribution in [0.3, 0.4) is 0 Å². The minimum absolute atomic E-state index is 0.522. The Hall–Kier alpha value is -12.1. The van der Waals surface area contributed by atoms with Crippen LogP contribution in [0.2, 0.25) is 0 Å². The maximum absolute atomic E-state index is 6.63. The number of nitrogens with zero attached hydrogens (tertiary/aromatic N) is 6. The number of hydrogen-bond donors (Lipinski definition) is 0. The maximum atomic E-state index is 6.63. The van der Waals surface area contributed by atoms with Crippen molar-refractivity contribution in [3.05, 3.63) is 267 Å². The van der Waals surface area contributed by atoms with E-state index in [-0.39, 0.29) is 0 Å². The first kappa shape index (κ1) is 49.3. The SMILES string of the molecule is c1ccc(-c2cccc(-c3nc(-c4cccc(-c5cccc(-c6ccccc6-c6nc(-c7ccccc7)nc(-c7ccc8c(c7)oc7cc9c(cc78)oc7ccccc79)n6)c5)c4)nc(-c4ccc5c(c4)oc4cc6c(cc45)oc4ccccc46)n3)c2)cc1. The highest BCUT2D eigenvalue weighted by molar-refractivity contribution is 6.16. The van der Waals surface area contributed by atoms with Crippen molar-refractivity contribution >= 4 is 87.8 Å². The predicted molar refractivity (Wildman–Crippen MR) is 351 cm³/mol. The lowest BCUT2D eigenvalue weighted by molar-refractivity contribution is 0.664. The first-order valence-electron chi connectivity index (χ1n) is 29.1. The summed E-state index contributed by atoms with van der Waals surface area (Å²) in [4.78, 5) is 31.3. The van der Waals surface area contributed by atoms with E-state index in [1.165, 1.54) is 0 Å². The normalized spacial score (nSPS) is 11.9. The molecule has 0 spiro atoms. The highest BCUT2D eigenvalue weighted by Crippen LogP contribution is 2.42. The van der Waals surface area contributed by atoms with Crippen LogP contribution in [0, 0.1) is 0 Å². The van der Waals surface area contributed by atoms with E-state index in [2.05, 4.69) is 176 Å². The van der Waals surface area contributed by atoms with Crippen LogP contribution >= 0.6 is 0 Å². The van der Waals surface area contributed by atoms with Gasteiger partial charge >= 0.3 is 0 Å². The fraction of sp³-hybridized carbons (Fsp3) is 0. The minimum atomic E-state index is 0.522. The quantitative estimate of drug-likeness (QED) is 0.138. The molecule has 6 aromatic heterocycles. The molecule has 0 amide bonds. The molecule has 0 aliphatic rings. The van der Waals surface area contributed by atoms with Crippen molar-refractivity contribution in [1.82, 2.24) is 29.9 Å². The van der Waals surface area contributed by atoms with Crippen LogP contribution in [0.25, 0.3) is 189 Å². The summed E-state index contributed by atoms with van der Waals surface area (Å²) in [5, 5.41) is 8.04. The van der Waals surface area contributed by atoms with Gasteiger partial charge in [0.05, 0.1) is 0 Å². The minimum Gasteiger partial charge on any atom is -0.456 e. The van der Waals surface area contributed by atoms with Gasteiger partial charge in [-0.1, -0.05) is 188 Å². The zero-order valence-corrected chi connectivity index (χ0v) is 46.7. The highest BCUT2D eigenvalue weighted by Gasteiger charge is 2.21. The van der Waals surface area contributed by atoms with Crippen molar-refractivity contribution < 1.29 is 17.7 Å². The zero-order chi connectivity index (χ0) is 57.8. The fourth-order valence-electron chi connectivity index (χ4n) is 12.5. The Kier molecular flexibility index (Phi) is 11.1. The third-order valence-electron chi connectivity index (χ3n) is 16.8. The zero-order valence-electron chi connectivity index (χ0n) is 46.7. The van der Waals surface area contributed by atoms with Crippen molar-refractivity contribution in [1.29, 1.82) is 0 Å². The van der Waals surface area contributed by atoms with Gasteiger partial charge in [0, 0.05) is 76.5 Å². The average molecular weight is 1130 g/mol. The molecular formula is C78H44N6O4. The van der Waals surface area contributed by atoms with E-state index in [1.54, 1.807) is 0 Å². The number of fused-ring (bicyclic) bond motifs is 12. The molecule has 0 unspecified atom stereocenters. The van der Waals surface area contributed by atoms with Crippen LogP contribution in [0.5, 0.6) is 0 Å². The van der Waals surface area contributed by atoms with Gasteiger partial charge in [-0.2, -0.15) is 0 Å². The number of benzene rings is 12. The molecule has 12 aromatic carbocycles. The van der Waals surface area contributed by atoms with Crippen LogP contribution in [0.1, 0.15) is 0 Å². The molecule has 0 radical (unpaired) electrons. The van der Waals surface area contributed by atoms with Gasteiger partial charge in [-0.05, 0) is 112 Å². The molecule has 18 aromatic rings. The van der Waals surface area contributed by atoms with Gasteiger partial charge < -0.3 is 17.7 Å². The van der Waals surface area contributed by atoms with E-state index < -0.39 is 0 Å². The summed E-state index contributed by atoms with van der Waals surface area (Å²) in [5.74, 6) is 3.24. The number of aromatic nitrogens is 6. The number of hydrogen-bond acceptors (Lipinski definition) is 10. The second kappa shape index (κ2) is 19.7. The van der Waals surface area contributed by atoms with Crippen LogP contribution in [0.4, 0.5) is 0 Å². The van der Waals surface area contributed by atoms with Crippen LogP contribution in [0.15, 0.2) is 285 Å². The first-order valence-corrected chi connectivity index (χ1v) is 29.1. The van der Waals surface area contributed by atoms with Gasteiger partial charge in [-0.15, -0.1) is 0 Å². The fourth-order valence-corrected chi connectivity index (χ4v) is 12.5. The Balaban J connectivity index is 0.720. The Morgan fingerprint density at radius 3 is 0.955 bits per heavy atom. The Morgan fingerprint density at radius 2 is 0.466 bits per heavy atom. The van der Waals surface area contributed by atoms with Gasteiger partial charge in [0.1, 0.15) is 44.7 Å². The van der Waals surface area contributed by atoms with E-state index >= 15 is 0 Å². The van der Waals surface area contributed by atoms with Crippen molar-refractivity contribution in [3.63, 3.8) is 0 Å². The van der Waals surface area contributed by atoms with E-state index in [4.69, 9.17) is 47.6 Å². The summed E-state index contributed by atoms with van der Waals surface area (Å²) in [6.07, 6.45) is 0. The molecule has 0 aliphatic carbocycles. The molecule has 0 fully saturated rings. The lowest BCUT2D eigenvalue weighted by Gasteiger charge is -2.13. The molecule has 0 aliphatic heterocycles. The van der Waals surface area contributed by atoms with Gasteiger partial charge in [0.15, 0.2) is 34.9 Å². The first-order chi connectivity index (χ1) is 43.5. The maximum Gasteiger partial charge on any atom is 0.164 e. The molecule has 10 nitrogen and oxygen atoms in total. The molecule has 0 saturated heterocycles. The topological polar surface area (TPSA) is 130 Å². The van der Waals surface area contributed by atoms with Crippen LogP contribution in [-0.4, -0.2) is 29.9 Å². The monoisotopic (exact) mass is 1130 g/mol. The Bertz CT molecular complexity index is 5840. The number of furan rings is 4. The summed E-state index contributed by atoms with van der Waals surface area (Å²) in [5.41, 5.74) is 17.5. The summed E-state index contributed by atoms with van der Waals surface area (Å²) in [7, 11) is 0. The lowest BCUT2D eigenvalue weighted by Crippen LogP contribution is -2.01. The van der Waals surface area contributed by atoms with Gasteiger partial charge in [0.2, 0.25) is 0 Å². The van der Waals surface area contributed by atoms with E-state index in [9.17, 15) is 0 Å². The smallest absolute Gasteiger partial charge is 0.164 e. The van der Waals surface area contributed by atoms with E-state index in [0.29, 0.717) is 34.9 Å². The molecule has 6 heterocycles. The van der Waals surface area contributed by atoms with Crippen LogP contribution in [-0.2, 0) is 0 Å². The molecule has 0 atom stereocenters. The van der Waals surface area contributed by atoms with Gasteiger partial charge in [0.25, 0.3) is 0 Å². The third kappa shape index (κ3) is 8.34. The van der Waals surface area contributed by atoms with Gasteiger partial charge in [-0.3, -0.25) is 0 Å². The second-order valence-electron chi connectivity index (χ2n) is 22.1. The second-order valence-corrected chi connectivity index (χ2v) is 22.1. The summed E-state index contributed by atoms with van der Waals surface area (Å²) in [6, 6.07) is 90.8. The average Bonchev–Trinajstić information content (AvgIpc) is 2.85. The molecule has 0 bridgehead atoms. The molecular weight excluding hydrogens is 1080 g/mol. The molecule has 88 heavy (non-hydrogen) atoms. The number of rotatable bonds is 9. The molecule has 10 heteroatoms. The van der Waals surface area contributed by atoms with E-state index in [1.807, 2.05) is 91.0 Å². The summed E-state index contributed by atoms with van der Waals surface area (Å²) >= 11 is 0. The largest absolute Gasteiger partial charge is 0.456 e. The molecule has 0 N–H and O–H groups in total. The third-order valence-corrected chi connectivity index (χ3v) is 16.8. The van der Waals surface area contributed by atoms with Crippen molar-refractivity contribution in [2.24, 2.45) is 0 Å². The highest BCUT2D eigenvalue weighted by atomic mass is 16.3. The molecule has 18 rings (SSSR count). The summed E-state index contributed by atoms with van der Waals surface area (Å²) in [6.45, 7) is 0. The van der Waals surface area contributed by atoms with Crippen molar-refractivity contribution in [2.75, 3.05) is 0 Å². The van der Waals surface area contributed by atoms with E-state index in [0.717, 1.165) is 155 Å². The van der Waals surface area contributed by atoms with Crippen molar-refractivity contribution in [3.8, 4) is 102 Å². The predicted octanol–water partition coefficient (Wildman–Crippen LogP) is 20.7. The standard InChI is InChI=1S/C78H44N6O4/c1-3-16-45(17-4-1)47-20-14-24-51(37-47)74-80-75(82-76(81-74)53-32-34-58-63-43-69-61(41-71(63)87-67(58)39-53)56-27-9-11-30-65(56)85-69)52-25-15-22-49(38-52)48-21-13-23-50(36-48)55-26-7-8-29-60(55)78-83-73(46-18-5-2-6-19-46)79-77(84-78)54-33-35-59-64-44-70-62(42-72(64)88-68(59)40-54)57-28-10-12-31-66(57)86-70/h1-44H. The Labute approximate surface area is 501 Å². The van der Waals surface area contributed by atoms with Crippen LogP contribution < -0.4 is 0 Å². The number of para-hydroxylation sites is 2. The lowest BCUT2D eigenvalue weighted by atomic mass is 9.95. The van der Waals surface area contributed by atoms with Gasteiger partial charge in [-0.25, -0.2) is 29.9 Å².